The summed E-state index contributed by atoms with van der Waals surface area (Å²) in [6, 6.07) is 18.5. The monoisotopic (exact) mass is 463 g/mol. The van der Waals surface area contributed by atoms with Crippen LogP contribution >= 0.6 is 0 Å². The largest absolute Gasteiger partial charge is 0.497 e. The predicted octanol–water partition coefficient (Wildman–Crippen LogP) is 3.71. The summed E-state index contributed by atoms with van der Waals surface area (Å²) in [5.74, 6) is -1.59. The number of ether oxygens (including phenoxy) is 3. The van der Waals surface area contributed by atoms with E-state index in [4.69, 9.17) is 19.9 Å². The molecule has 0 aliphatic heterocycles. The number of methoxy groups -OCH3 is 1. The number of halogens is 1. The van der Waals surface area contributed by atoms with E-state index in [9.17, 15) is 14.0 Å². The van der Waals surface area contributed by atoms with Crippen LogP contribution < -0.4 is 15.2 Å². The van der Waals surface area contributed by atoms with E-state index < -0.39 is 24.1 Å². The zero-order valence-corrected chi connectivity index (χ0v) is 18.5. The van der Waals surface area contributed by atoms with Gasteiger partial charge in [-0.25, -0.2) is 13.9 Å². The van der Waals surface area contributed by atoms with Gasteiger partial charge in [-0.2, -0.15) is 5.10 Å². The molecular weight excluding hydrogens is 441 g/mol. The lowest BCUT2D eigenvalue weighted by Crippen LogP contribution is -2.33. The first kappa shape index (κ1) is 22.8. The highest BCUT2D eigenvalue weighted by Gasteiger charge is 2.27. The van der Waals surface area contributed by atoms with E-state index in [1.807, 2.05) is 6.07 Å². The van der Waals surface area contributed by atoms with Crippen LogP contribution in [-0.4, -0.2) is 34.9 Å². The number of carbonyl (C=O) groups excluding carboxylic acids is 2. The number of hydrogen-bond donors (Lipinski definition) is 1. The Kier molecular flexibility index (Phi) is 6.44. The van der Waals surface area contributed by atoms with Gasteiger partial charge in [0.15, 0.2) is 6.10 Å². The maximum absolute atomic E-state index is 13.3. The summed E-state index contributed by atoms with van der Waals surface area (Å²) in [6.07, 6.45) is 0.0653. The fraction of sp³-hybridized carbons (Fsp3) is 0.160. The molecule has 0 radical (unpaired) electrons. The van der Waals surface area contributed by atoms with Gasteiger partial charge in [0.05, 0.1) is 24.5 Å². The number of esters is 1. The highest BCUT2D eigenvalue weighted by Crippen LogP contribution is 2.31. The third-order valence-electron chi connectivity index (χ3n) is 5.22. The zero-order chi connectivity index (χ0) is 24.2. The summed E-state index contributed by atoms with van der Waals surface area (Å²) in [4.78, 5) is 23.0. The Hall–Kier alpha value is -4.40. The van der Waals surface area contributed by atoms with Gasteiger partial charge >= 0.3 is 11.9 Å². The van der Waals surface area contributed by atoms with Crippen molar-refractivity contribution in [3.05, 3.63) is 84.3 Å². The third-order valence-corrected chi connectivity index (χ3v) is 5.22. The molecule has 0 saturated heterocycles. The number of rotatable bonds is 7. The molecule has 0 spiro atoms. The first-order valence-corrected chi connectivity index (χ1v) is 10.4. The van der Waals surface area contributed by atoms with Crippen molar-refractivity contribution in [2.75, 3.05) is 7.11 Å². The second kappa shape index (κ2) is 9.62. The second-order valence-corrected chi connectivity index (χ2v) is 7.54. The second-order valence-electron chi connectivity index (χ2n) is 7.54. The lowest BCUT2D eigenvalue weighted by molar-refractivity contribution is -0.160. The van der Waals surface area contributed by atoms with Crippen molar-refractivity contribution in [2.45, 2.75) is 19.1 Å². The number of nitrogens with zero attached hydrogens (tertiary/aromatic N) is 2. The summed E-state index contributed by atoms with van der Waals surface area (Å²) in [5, 5.41) is 5.18. The maximum Gasteiger partial charge on any atom is 0.396 e. The lowest BCUT2D eigenvalue weighted by atomic mass is 10.0. The van der Waals surface area contributed by atoms with Crippen molar-refractivity contribution in [1.82, 2.24) is 9.78 Å². The molecule has 4 aromatic rings. The Morgan fingerprint density at radius 1 is 1.03 bits per heavy atom. The number of primary amides is 1. The van der Waals surface area contributed by atoms with Crippen molar-refractivity contribution in [3.8, 4) is 17.2 Å². The van der Waals surface area contributed by atoms with E-state index in [1.165, 1.54) is 19.2 Å². The molecule has 8 nitrogen and oxygen atoms in total. The molecule has 2 atom stereocenters. The number of carbonyl (C=O) groups is 2. The molecule has 1 aromatic heterocycles. The minimum absolute atomic E-state index is 0.328. The summed E-state index contributed by atoms with van der Waals surface area (Å²) >= 11 is 0. The number of amides is 1. The van der Waals surface area contributed by atoms with E-state index in [0.717, 1.165) is 10.9 Å². The van der Waals surface area contributed by atoms with Gasteiger partial charge in [-0.15, -0.1) is 0 Å². The van der Waals surface area contributed by atoms with Crippen LogP contribution in [0.5, 0.6) is 11.5 Å². The van der Waals surface area contributed by atoms with E-state index in [1.54, 1.807) is 66.3 Å². The Labute approximate surface area is 194 Å². The average Bonchev–Trinajstić information content (AvgIpc) is 3.26. The van der Waals surface area contributed by atoms with Gasteiger partial charge in [0.1, 0.15) is 23.4 Å². The third kappa shape index (κ3) is 4.83. The van der Waals surface area contributed by atoms with Crippen molar-refractivity contribution >= 4 is 22.8 Å². The van der Waals surface area contributed by atoms with Gasteiger partial charge in [-0.1, -0.05) is 12.1 Å². The minimum atomic E-state index is -1.19. The molecule has 1 heterocycles. The van der Waals surface area contributed by atoms with Crippen molar-refractivity contribution < 1.29 is 28.2 Å². The van der Waals surface area contributed by atoms with Crippen LogP contribution in [0.25, 0.3) is 16.6 Å². The molecule has 0 fully saturated rings. The Morgan fingerprint density at radius 2 is 1.79 bits per heavy atom. The van der Waals surface area contributed by atoms with E-state index >= 15 is 0 Å². The van der Waals surface area contributed by atoms with Crippen molar-refractivity contribution in [2.24, 2.45) is 5.73 Å². The number of aromatic nitrogens is 2. The Morgan fingerprint density at radius 3 is 2.50 bits per heavy atom. The van der Waals surface area contributed by atoms with Crippen LogP contribution in [0.2, 0.25) is 0 Å². The molecule has 0 aliphatic carbocycles. The van der Waals surface area contributed by atoms with Crippen LogP contribution in [0.15, 0.2) is 72.9 Å². The molecular formula is C25H22FN3O5. The van der Waals surface area contributed by atoms with Crippen molar-refractivity contribution in [1.29, 1.82) is 0 Å². The molecule has 4 rings (SSSR count). The van der Waals surface area contributed by atoms with Gasteiger partial charge in [0.25, 0.3) is 0 Å². The van der Waals surface area contributed by atoms with E-state index in [2.05, 4.69) is 5.10 Å². The topological polar surface area (TPSA) is 106 Å². The fourth-order valence-corrected chi connectivity index (χ4v) is 3.56. The van der Waals surface area contributed by atoms with Crippen LogP contribution in [0, 0.1) is 5.82 Å². The first-order chi connectivity index (χ1) is 16.4. The quantitative estimate of drug-likeness (QED) is 0.331. The average molecular weight is 463 g/mol. The minimum Gasteiger partial charge on any atom is -0.497 e. The highest BCUT2D eigenvalue weighted by atomic mass is 19.1. The molecule has 0 aliphatic rings. The normalized spacial score (nSPS) is 12.7. The molecule has 0 saturated carbocycles. The number of fused-ring (bicyclic) bond motifs is 1. The molecule has 9 heteroatoms. The smallest absolute Gasteiger partial charge is 0.396 e. The maximum atomic E-state index is 13.3. The number of benzene rings is 3. The Balaban J connectivity index is 1.66. The summed E-state index contributed by atoms with van der Waals surface area (Å²) < 4.78 is 31.7. The van der Waals surface area contributed by atoms with Gasteiger partial charge in [-0.05, 0) is 67.1 Å². The highest BCUT2D eigenvalue weighted by molar-refractivity contribution is 6.31. The molecule has 1 amide bonds. The zero-order valence-electron chi connectivity index (χ0n) is 18.5. The molecule has 174 valence electrons. The Bertz CT molecular complexity index is 1340. The molecule has 0 unspecified atom stereocenters. The van der Waals surface area contributed by atoms with Crippen LogP contribution in [-0.2, 0) is 14.3 Å². The van der Waals surface area contributed by atoms with Gasteiger partial charge in [0.2, 0.25) is 0 Å². The number of hydrogen-bond acceptors (Lipinski definition) is 6. The first-order valence-electron chi connectivity index (χ1n) is 10.4. The summed E-state index contributed by atoms with van der Waals surface area (Å²) in [7, 11) is 1.54. The number of nitrogens with two attached hydrogens (primary N) is 1. The lowest BCUT2D eigenvalue weighted by Gasteiger charge is -2.25. The fourth-order valence-electron chi connectivity index (χ4n) is 3.56. The SMILES string of the molecule is COc1cccc([C@H](Oc2ccc3c(cnn3-c3ccc(F)cc3)c2)[C@H](C)OC(=O)C(N)=O)c1. The van der Waals surface area contributed by atoms with Crippen molar-refractivity contribution in [3.63, 3.8) is 0 Å². The summed E-state index contributed by atoms with van der Waals surface area (Å²) in [5.41, 5.74) is 7.22. The van der Waals surface area contributed by atoms with Gasteiger partial charge < -0.3 is 19.9 Å². The van der Waals surface area contributed by atoms with Gasteiger partial charge in [-0.3, -0.25) is 4.79 Å². The van der Waals surface area contributed by atoms with Crippen LogP contribution in [0.4, 0.5) is 4.39 Å². The molecule has 3 aromatic carbocycles. The molecule has 2 N–H and O–H groups in total. The van der Waals surface area contributed by atoms with Crippen LogP contribution in [0.3, 0.4) is 0 Å². The van der Waals surface area contributed by atoms with E-state index in [-0.39, 0.29) is 5.82 Å². The predicted molar refractivity (Wildman–Crippen MR) is 122 cm³/mol. The summed E-state index contributed by atoms with van der Waals surface area (Å²) in [6.45, 7) is 1.61. The standard InChI is InChI=1S/C25H22FN3O5/c1-15(33-25(31)24(27)30)23(16-4-3-5-20(12-16)32-2)34-21-10-11-22-17(13-21)14-28-29(22)19-8-6-18(26)7-9-19/h3-15,23H,1-2H3,(H2,27,30)/t15-,23+/m0/s1. The molecule has 34 heavy (non-hydrogen) atoms. The van der Waals surface area contributed by atoms with Gasteiger partial charge in [0, 0.05) is 5.39 Å². The molecule has 0 bridgehead atoms. The van der Waals surface area contributed by atoms with E-state index in [0.29, 0.717) is 22.7 Å². The van der Waals surface area contributed by atoms with Crippen LogP contribution in [0.1, 0.15) is 18.6 Å².